The fourth-order valence-electron chi connectivity index (χ4n) is 1.47. The molecular weight excluding hydrogens is 249 g/mol. The highest BCUT2D eigenvalue weighted by Crippen LogP contribution is 2.31. The Labute approximate surface area is 102 Å². The van der Waals surface area contributed by atoms with Crippen molar-refractivity contribution in [1.29, 1.82) is 0 Å². The van der Waals surface area contributed by atoms with Crippen LogP contribution in [-0.2, 0) is 6.54 Å². The molecule has 0 aliphatic rings. The molecule has 15 heavy (non-hydrogen) atoms. The van der Waals surface area contributed by atoms with Gasteiger partial charge < -0.3 is 5.73 Å². The summed E-state index contributed by atoms with van der Waals surface area (Å²) in [5.41, 5.74) is 7.79. The lowest BCUT2D eigenvalue weighted by Gasteiger charge is -2.03. The van der Waals surface area contributed by atoms with E-state index in [1.165, 1.54) is 0 Å². The van der Waals surface area contributed by atoms with Crippen molar-refractivity contribution in [3.05, 3.63) is 44.6 Å². The van der Waals surface area contributed by atoms with Crippen LogP contribution in [0.25, 0.3) is 11.1 Å². The molecule has 0 atom stereocenters. The third kappa shape index (κ3) is 2.34. The summed E-state index contributed by atoms with van der Waals surface area (Å²) >= 11 is 13.5. The van der Waals surface area contributed by atoms with Crippen molar-refractivity contribution in [2.24, 2.45) is 5.73 Å². The van der Waals surface area contributed by atoms with E-state index in [4.69, 9.17) is 28.9 Å². The molecule has 1 nitrogen and oxygen atoms in total. The van der Waals surface area contributed by atoms with Gasteiger partial charge in [0, 0.05) is 21.5 Å². The molecule has 0 radical (unpaired) electrons. The van der Waals surface area contributed by atoms with Gasteiger partial charge in [-0.05, 0) is 40.8 Å². The normalized spacial score (nSPS) is 10.6. The number of benzene rings is 1. The fraction of sp³-hybridized carbons (Fsp3) is 0.0909. The van der Waals surface area contributed by atoms with E-state index in [9.17, 15) is 0 Å². The maximum Gasteiger partial charge on any atom is 0.0426 e. The van der Waals surface area contributed by atoms with Crippen molar-refractivity contribution in [3.8, 4) is 11.1 Å². The largest absolute Gasteiger partial charge is 0.326 e. The van der Waals surface area contributed by atoms with Crippen LogP contribution in [0, 0.1) is 0 Å². The zero-order chi connectivity index (χ0) is 10.8. The van der Waals surface area contributed by atoms with Crippen molar-refractivity contribution in [2.45, 2.75) is 6.54 Å². The maximum atomic E-state index is 5.95. The second-order valence-corrected chi connectivity index (χ2v) is 4.99. The van der Waals surface area contributed by atoms with E-state index in [0.717, 1.165) is 16.0 Å². The van der Waals surface area contributed by atoms with Crippen LogP contribution in [0.1, 0.15) is 4.88 Å². The molecule has 0 bridgehead atoms. The van der Waals surface area contributed by atoms with Crippen LogP contribution in [0.15, 0.2) is 29.6 Å². The van der Waals surface area contributed by atoms with E-state index < -0.39 is 0 Å². The van der Waals surface area contributed by atoms with Gasteiger partial charge in [0.05, 0.1) is 0 Å². The molecule has 78 valence electrons. The Morgan fingerprint density at radius 3 is 2.40 bits per heavy atom. The zero-order valence-corrected chi connectivity index (χ0v) is 10.2. The summed E-state index contributed by atoms with van der Waals surface area (Å²) in [6.07, 6.45) is 0. The first-order chi connectivity index (χ1) is 7.20. The standard InChI is InChI=1S/C11H9Cl2NS/c12-8-3-7(4-9(13)5-8)10-1-2-15-11(10)6-14/h1-5H,6,14H2. The first-order valence-corrected chi connectivity index (χ1v) is 6.07. The molecular formula is C11H9Cl2NS. The Morgan fingerprint density at radius 1 is 1.13 bits per heavy atom. The smallest absolute Gasteiger partial charge is 0.0426 e. The Balaban J connectivity index is 2.53. The summed E-state index contributed by atoms with van der Waals surface area (Å²) in [4.78, 5) is 1.15. The number of rotatable bonds is 2. The van der Waals surface area contributed by atoms with E-state index >= 15 is 0 Å². The van der Waals surface area contributed by atoms with E-state index in [0.29, 0.717) is 16.6 Å². The van der Waals surface area contributed by atoms with Crippen LogP contribution in [0.2, 0.25) is 10.0 Å². The highest BCUT2D eigenvalue weighted by molar-refractivity contribution is 7.10. The van der Waals surface area contributed by atoms with Gasteiger partial charge in [0.25, 0.3) is 0 Å². The average molecular weight is 258 g/mol. The van der Waals surface area contributed by atoms with Crippen LogP contribution in [0.5, 0.6) is 0 Å². The van der Waals surface area contributed by atoms with Gasteiger partial charge in [0.2, 0.25) is 0 Å². The molecule has 2 rings (SSSR count). The quantitative estimate of drug-likeness (QED) is 0.859. The highest BCUT2D eigenvalue weighted by atomic mass is 35.5. The fourth-order valence-corrected chi connectivity index (χ4v) is 2.77. The van der Waals surface area contributed by atoms with E-state index in [2.05, 4.69) is 0 Å². The van der Waals surface area contributed by atoms with Crippen molar-refractivity contribution in [3.63, 3.8) is 0 Å². The Kier molecular flexibility index (Phi) is 3.32. The SMILES string of the molecule is NCc1sccc1-c1cc(Cl)cc(Cl)c1. The summed E-state index contributed by atoms with van der Waals surface area (Å²) in [5.74, 6) is 0. The van der Waals surface area contributed by atoms with E-state index in [1.54, 1.807) is 17.4 Å². The lowest BCUT2D eigenvalue weighted by atomic mass is 10.1. The van der Waals surface area contributed by atoms with E-state index in [-0.39, 0.29) is 0 Å². The third-order valence-electron chi connectivity index (χ3n) is 2.10. The maximum absolute atomic E-state index is 5.95. The molecule has 0 unspecified atom stereocenters. The summed E-state index contributed by atoms with van der Waals surface area (Å²) in [6.45, 7) is 0.539. The Morgan fingerprint density at radius 2 is 1.80 bits per heavy atom. The van der Waals surface area contributed by atoms with Crippen LogP contribution in [0.4, 0.5) is 0 Å². The van der Waals surface area contributed by atoms with Gasteiger partial charge in [-0.25, -0.2) is 0 Å². The van der Waals surface area contributed by atoms with Crippen molar-refractivity contribution in [2.75, 3.05) is 0 Å². The second kappa shape index (κ2) is 4.54. The summed E-state index contributed by atoms with van der Waals surface area (Å²) in [6, 6.07) is 7.55. The molecule has 2 N–H and O–H groups in total. The molecule has 0 saturated heterocycles. The molecule has 1 aromatic heterocycles. The number of hydrogen-bond donors (Lipinski definition) is 1. The molecule has 0 saturated carbocycles. The van der Waals surface area contributed by atoms with E-state index in [1.807, 2.05) is 23.6 Å². The minimum absolute atomic E-state index is 0.539. The number of nitrogens with two attached hydrogens (primary N) is 1. The molecule has 4 heteroatoms. The van der Waals surface area contributed by atoms with Gasteiger partial charge in [-0.3, -0.25) is 0 Å². The second-order valence-electron chi connectivity index (χ2n) is 3.12. The minimum atomic E-state index is 0.539. The van der Waals surface area contributed by atoms with Gasteiger partial charge >= 0.3 is 0 Å². The van der Waals surface area contributed by atoms with Gasteiger partial charge in [0.1, 0.15) is 0 Å². The lowest BCUT2D eigenvalue weighted by Crippen LogP contribution is -1.94. The molecule has 0 aliphatic carbocycles. The average Bonchev–Trinajstić information content (AvgIpc) is 2.63. The predicted molar refractivity (Wildman–Crippen MR) is 67.7 cm³/mol. The molecule has 0 aliphatic heterocycles. The van der Waals surface area contributed by atoms with Crippen LogP contribution >= 0.6 is 34.5 Å². The van der Waals surface area contributed by atoms with Gasteiger partial charge in [-0.15, -0.1) is 11.3 Å². The number of halogens is 2. The molecule has 2 aromatic rings. The first-order valence-electron chi connectivity index (χ1n) is 4.43. The third-order valence-corrected chi connectivity index (χ3v) is 3.48. The molecule has 0 spiro atoms. The monoisotopic (exact) mass is 257 g/mol. The molecule has 1 heterocycles. The molecule has 0 amide bonds. The predicted octanol–water partition coefficient (Wildman–Crippen LogP) is 4.18. The topological polar surface area (TPSA) is 26.0 Å². The van der Waals surface area contributed by atoms with Gasteiger partial charge in [0.15, 0.2) is 0 Å². The zero-order valence-electron chi connectivity index (χ0n) is 7.84. The lowest BCUT2D eigenvalue weighted by molar-refractivity contribution is 1.11. The van der Waals surface area contributed by atoms with Gasteiger partial charge in [-0.2, -0.15) is 0 Å². The van der Waals surface area contributed by atoms with Gasteiger partial charge in [-0.1, -0.05) is 23.2 Å². The summed E-state index contributed by atoms with van der Waals surface area (Å²) in [7, 11) is 0. The Bertz CT molecular complexity index is 459. The van der Waals surface area contributed by atoms with Crippen molar-refractivity contribution in [1.82, 2.24) is 0 Å². The van der Waals surface area contributed by atoms with Crippen LogP contribution in [-0.4, -0.2) is 0 Å². The van der Waals surface area contributed by atoms with Crippen molar-refractivity contribution < 1.29 is 0 Å². The molecule has 0 fully saturated rings. The minimum Gasteiger partial charge on any atom is -0.326 e. The van der Waals surface area contributed by atoms with Crippen LogP contribution in [0.3, 0.4) is 0 Å². The highest BCUT2D eigenvalue weighted by Gasteiger charge is 2.06. The summed E-state index contributed by atoms with van der Waals surface area (Å²) in [5, 5.41) is 3.31. The van der Waals surface area contributed by atoms with Crippen LogP contribution < -0.4 is 5.73 Å². The van der Waals surface area contributed by atoms with Crippen molar-refractivity contribution >= 4 is 34.5 Å². The summed E-state index contributed by atoms with van der Waals surface area (Å²) < 4.78 is 0. The number of hydrogen-bond acceptors (Lipinski definition) is 2. The first kappa shape index (κ1) is 11.0. The number of thiophene rings is 1. The molecule has 1 aromatic carbocycles. The Hall–Kier alpha value is -0.540.